The van der Waals surface area contributed by atoms with Crippen LogP contribution in [0.4, 0.5) is 0 Å². The maximum absolute atomic E-state index is 5.38. The third-order valence-electron chi connectivity index (χ3n) is 0.737. The van der Waals surface area contributed by atoms with Crippen LogP contribution in [0.1, 0.15) is 26.2 Å². The molecule has 0 aliphatic heterocycles. The SMILES string of the molecule is CCCCCCl.[Sc]. The minimum absolute atomic E-state index is 0. The molecule has 0 spiro atoms. The maximum atomic E-state index is 5.38. The van der Waals surface area contributed by atoms with Gasteiger partial charge in [0.05, 0.1) is 0 Å². The molecule has 0 saturated heterocycles. The Hall–Kier alpha value is 1.16. The summed E-state index contributed by atoms with van der Waals surface area (Å²) in [4.78, 5) is 0. The average Bonchev–Trinajstić information content (AvgIpc) is 1.61. The van der Waals surface area contributed by atoms with Crippen LogP contribution in [0.5, 0.6) is 0 Å². The van der Waals surface area contributed by atoms with Gasteiger partial charge in [-0.2, -0.15) is 0 Å². The summed E-state index contributed by atoms with van der Waals surface area (Å²) in [5, 5.41) is 0. The van der Waals surface area contributed by atoms with Crippen molar-refractivity contribution in [2.45, 2.75) is 26.2 Å². The summed E-state index contributed by atoms with van der Waals surface area (Å²) in [7, 11) is 0. The van der Waals surface area contributed by atoms with Crippen LogP contribution in [0, 0.1) is 0 Å². The van der Waals surface area contributed by atoms with Crippen molar-refractivity contribution in [3.63, 3.8) is 0 Å². The maximum Gasteiger partial charge on any atom is 0.0223 e. The summed E-state index contributed by atoms with van der Waals surface area (Å²) in [6.07, 6.45) is 3.73. The summed E-state index contributed by atoms with van der Waals surface area (Å²) in [5.74, 6) is 0.827. The fraction of sp³-hybridized carbons (Fsp3) is 1.00. The molecule has 0 saturated carbocycles. The van der Waals surface area contributed by atoms with Gasteiger partial charge in [0, 0.05) is 31.7 Å². The van der Waals surface area contributed by atoms with Crippen LogP contribution < -0.4 is 0 Å². The molecule has 0 bridgehead atoms. The summed E-state index contributed by atoms with van der Waals surface area (Å²) >= 11 is 5.38. The molecule has 0 heterocycles. The molecule has 0 atom stereocenters. The molecule has 41 valence electrons. The Labute approximate surface area is 69.4 Å². The van der Waals surface area contributed by atoms with Gasteiger partial charge >= 0.3 is 0 Å². The number of rotatable bonds is 3. The molecule has 0 aliphatic rings. The van der Waals surface area contributed by atoms with Gasteiger partial charge in [-0.1, -0.05) is 19.8 Å². The standard InChI is InChI=1S/C5H11Cl.Sc/c1-2-3-4-5-6;/h2-5H2,1H3;. The Morgan fingerprint density at radius 2 is 1.86 bits per heavy atom. The molecule has 0 amide bonds. The molecule has 0 aromatic heterocycles. The normalized spacial score (nSPS) is 7.71. The summed E-state index contributed by atoms with van der Waals surface area (Å²) in [6, 6.07) is 0. The Balaban J connectivity index is 0. The second kappa shape index (κ2) is 10.2. The van der Waals surface area contributed by atoms with Gasteiger partial charge in [0.1, 0.15) is 0 Å². The quantitative estimate of drug-likeness (QED) is 0.429. The number of alkyl halides is 1. The first kappa shape index (κ1) is 11.0. The average molecular weight is 152 g/mol. The van der Waals surface area contributed by atoms with Crippen molar-refractivity contribution in [3.8, 4) is 0 Å². The van der Waals surface area contributed by atoms with E-state index < -0.39 is 0 Å². The van der Waals surface area contributed by atoms with Gasteiger partial charge in [-0.3, -0.25) is 0 Å². The van der Waals surface area contributed by atoms with Crippen LogP contribution in [0.3, 0.4) is 0 Å². The molecule has 0 unspecified atom stereocenters. The number of unbranched alkanes of at least 4 members (excludes halogenated alkanes) is 2. The first-order valence-electron chi connectivity index (χ1n) is 2.47. The van der Waals surface area contributed by atoms with Crippen LogP contribution in [-0.2, 0) is 25.8 Å². The van der Waals surface area contributed by atoms with Crippen molar-refractivity contribution < 1.29 is 25.8 Å². The molecule has 0 rings (SSSR count). The minimum atomic E-state index is 0. The van der Waals surface area contributed by atoms with Crippen molar-refractivity contribution in [2.24, 2.45) is 0 Å². The first-order valence-corrected chi connectivity index (χ1v) is 3.01. The summed E-state index contributed by atoms with van der Waals surface area (Å²) in [5.41, 5.74) is 0. The smallest absolute Gasteiger partial charge is 0.0223 e. The van der Waals surface area contributed by atoms with E-state index in [1.54, 1.807) is 0 Å². The van der Waals surface area contributed by atoms with E-state index >= 15 is 0 Å². The second-order valence-electron chi connectivity index (χ2n) is 1.40. The number of hydrogen-bond acceptors (Lipinski definition) is 0. The van der Waals surface area contributed by atoms with Crippen molar-refractivity contribution >= 4 is 11.6 Å². The van der Waals surface area contributed by atoms with Crippen LogP contribution in [0.2, 0.25) is 0 Å². The van der Waals surface area contributed by atoms with Crippen LogP contribution in [0.15, 0.2) is 0 Å². The molecular formula is C5H11ClSc. The van der Waals surface area contributed by atoms with Gasteiger partial charge in [0.15, 0.2) is 0 Å². The van der Waals surface area contributed by atoms with Gasteiger partial charge < -0.3 is 0 Å². The van der Waals surface area contributed by atoms with Crippen molar-refractivity contribution in [1.29, 1.82) is 0 Å². The van der Waals surface area contributed by atoms with E-state index in [9.17, 15) is 0 Å². The van der Waals surface area contributed by atoms with E-state index in [1.807, 2.05) is 0 Å². The third kappa shape index (κ3) is 11.0. The number of halogens is 1. The Kier molecular flexibility index (Phi) is 16.1. The molecule has 0 aliphatic carbocycles. The van der Waals surface area contributed by atoms with E-state index in [4.69, 9.17) is 11.6 Å². The first-order chi connectivity index (χ1) is 2.91. The Morgan fingerprint density at radius 1 is 1.29 bits per heavy atom. The summed E-state index contributed by atoms with van der Waals surface area (Å²) in [6.45, 7) is 2.17. The minimum Gasteiger partial charge on any atom is -0.127 e. The fourth-order valence-corrected chi connectivity index (χ4v) is 0.533. The van der Waals surface area contributed by atoms with Crippen molar-refractivity contribution in [1.82, 2.24) is 0 Å². The van der Waals surface area contributed by atoms with Gasteiger partial charge in [-0.15, -0.1) is 11.6 Å². The third-order valence-corrected chi connectivity index (χ3v) is 1.00. The Bertz CT molecular complexity index is 20.0. The van der Waals surface area contributed by atoms with Crippen LogP contribution in [0.25, 0.3) is 0 Å². The predicted molar refractivity (Wildman–Crippen MR) is 30.2 cm³/mol. The van der Waals surface area contributed by atoms with Gasteiger partial charge in [0.25, 0.3) is 0 Å². The molecule has 2 heteroatoms. The largest absolute Gasteiger partial charge is 0.127 e. The second-order valence-corrected chi connectivity index (χ2v) is 1.77. The van der Waals surface area contributed by atoms with Gasteiger partial charge in [-0.05, 0) is 6.42 Å². The zero-order valence-electron chi connectivity index (χ0n) is 4.78. The van der Waals surface area contributed by atoms with Gasteiger partial charge in [0.2, 0.25) is 0 Å². The van der Waals surface area contributed by atoms with E-state index in [0.29, 0.717) is 0 Å². The zero-order chi connectivity index (χ0) is 4.83. The van der Waals surface area contributed by atoms with E-state index in [2.05, 4.69) is 6.92 Å². The molecule has 1 radical (unpaired) electrons. The van der Waals surface area contributed by atoms with Gasteiger partial charge in [-0.25, -0.2) is 0 Å². The zero-order valence-corrected chi connectivity index (χ0v) is 7.34. The Morgan fingerprint density at radius 3 is 2.00 bits per heavy atom. The van der Waals surface area contributed by atoms with Crippen LogP contribution in [-0.4, -0.2) is 5.88 Å². The number of hydrogen-bond donors (Lipinski definition) is 0. The molecular weight excluding hydrogens is 140 g/mol. The van der Waals surface area contributed by atoms with Crippen molar-refractivity contribution in [2.75, 3.05) is 5.88 Å². The molecule has 7 heavy (non-hydrogen) atoms. The topological polar surface area (TPSA) is 0 Å². The van der Waals surface area contributed by atoms with E-state index in [1.165, 1.54) is 19.3 Å². The molecule has 0 nitrogen and oxygen atoms in total. The van der Waals surface area contributed by atoms with Crippen LogP contribution >= 0.6 is 11.6 Å². The predicted octanol–water partition coefficient (Wildman–Crippen LogP) is 2.41. The van der Waals surface area contributed by atoms with E-state index in [-0.39, 0.29) is 25.8 Å². The molecule has 0 fully saturated rings. The molecule has 0 aromatic carbocycles. The van der Waals surface area contributed by atoms with E-state index in [0.717, 1.165) is 5.88 Å². The monoisotopic (exact) mass is 151 g/mol. The molecule has 0 aromatic rings. The fourth-order valence-electron chi connectivity index (χ4n) is 0.344. The van der Waals surface area contributed by atoms with Crippen molar-refractivity contribution in [3.05, 3.63) is 0 Å². The molecule has 0 N–H and O–H groups in total. The summed E-state index contributed by atoms with van der Waals surface area (Å²) < 4.78 is 0.